The average Bonchev–Trinajstić information content (AvgIpc) is 3.01. The van der Waals surface area contributed by atoms with Crippen LogP contribution < -0.4 is 15.2 Å². The Balaban J connectivity index is 1.57. The van der Waals surface area contributed by atoms with Gasteiger partial charge < -0.3 is 20.0 Å². The van der Waals surface area contributed by atoms with Crippen molar-refractivity contribution in [2.24, 2.45) is 0 Å². The third-order valence-electron chi connectivity index (χ3n) is 4.55. The zero-order valence-electron chi connectivity index (χ0n) is 16.9. The number of carboxylic acid groups (broad SMARTS) is 1. The minimum atomic E-state index is -1.45. The molecule has 0 saturated carbocycles. The quantitative estimate of drug-likeness (QED) is 0.585. The van der Waals surface area contributed by atoms with E-state index in [9.17, 15) is 24.3 Å². The van der Waals surface area contributed by atoms with Crippen LogP contribution in [0.5, 0.6) is 5.75 Å². The molecule has 1 aliphatic heterocycles. The Labute approximate surface area is 193 Å². The second-order valence-electron chi connectivity index (χ2n) is 6.74. The lowest BCUT2D eigenvalue weighted by molar-refractivity contribution is -0.254. The summed E-state index contributed by atoms with van der Waals surface area (Å²) >= 11 is 6.69. The van der Waals surface area contributed by atoms with Gasteiger partial charge in [-0.15, -0.1) is 0 Å². The molecule has 0 aliphatic carbocycles. The minimum absolute atomic E-state index is 0.0242. The van der Waals surface area contributed by atoms with Gasteiger partial charge in [0.2, 0.25) is 5.91 Å². The first kappa shape index (κ1) is 23.4. The summed E-state index contributed by atoms with van der Waals surface area (Å²) in [6, 6.07) is 11.0. The molecule has 0 atom stereocenters. The molecule has 1 fully saturated rings. The van der Waals surface area contributed by atoms with Crippen LogP contribution in [-0.4, -0.2) is 41.6 Å². The largest absolute Gasteiger partial charge is 0.545 e. The highest BCUT2D eigenvalue weighted by Gasteiger charge is 2.34. The molecule has 1 saturated heterocycles. The number of nitrogens with zero attached hydrogens (tertiary/aromatic N) is 1. The van der Waals surface area contributed by atoms with E-state index in [-0.39, 0.29) is 35.7 Å². The number of halogens is 1. The zero-order valence-corrected chi connectivity index (χ0v) is 18.5. The molecule has 3 rings (SSSR count). The van der Waals surface area contributed by atoms with E-state index in [1.165, 1.54) is 18.2 Å². The monoisotopic (exact) mass is 473 g/mol. The summed E-state index contributed by atoms with van der Waals surface area (Å²) in [7, 11) is 1.55. The number of ether oxygens (including phenoxy) is 1. The van der Waals surface area contributed by atoms with Gasteiger partial charge >= 0.3 is 0 Å². The van der Waals surface area contributed by atoms with Crippen molar-refractivity contribution >= 4 is 58.1 Å². The normalized spacial score (nSPS) is 14.7. The summed E-state index contributed by atoms with van der Waals surface area (Å²) in [5.74, 6) is -1.67. The summed E-state index contributed by atoms with van der Waals surface area (Å²) in [6.45, 7) is 0.0565. The summed E-state index contributed by atoms with van der Waals surface area (Å²) in [4.78, 5) is 49.6. The number of thioether (sulfide) groups is 1. The van der Waals surface area contributed by atoms with Crippen LogP contribution in [0.3, 0.4) is 0 Å². The Hall–Kier alpha value is -3.30. The van der Waals surface area contributed by atoms with Gasteiger partial charge in [-0.25, -0.2) is 0 Å². The van der Waals surface area contributed by atoms with Crippen LogP contribution in [0.2, 0.25) is 5.02 Å². The molecule has 10 heteroatoms. The first-order valence-electron chi connectivity index (χ1n) is 9.48. The molecule has 32 heavy (non-hydrogen) atoms. The van der Waals surface area contributed by atoms with Crippen molar-refractivity contribution in [3.8, 4) is 5.75 Å². The van der Waals surface area contributed by atoms with Gasteiger partial charge in [-0.05, 0) is 60.2 Å². The first-order valence-corrected chi connectivity index (χ1v) is 10.7. The van der Waals surface area contributed by atoms with Crippen LogP contribution in [0.1, 0.15) is 28.8 Å². The Morgan fingerprint density at radius 3 is 2.56 bits per heavy atom. The molecule has 8 nitrogen and oxygen atoms in total. The number of rotatable bonds is 8. The number of anilines is 1. The highest BCUT2D eigenvalue weighted by Crippen LogP contribution is 2.32. The second-order valence-corrected chi connectivity index (χ2v) is 8.17. The predicted molar refractivity (Wildman–Crippen MR) is 119 cm³/mol. The van der Waals surface area contributed by atoms with Crippen molar-refractivity contribution in [1.82, 2.24) is 4.90 Å². The van der Waals surface area contributed by atoms with Crippen molar-refractivity contribution in [2.45, 2.75) is 12.8 Å². The first-order chi connectivity index (χ1) is 15.3. The van der Waals surface area contributed by atoms with E-state index < -0.39 is 23.0 Å². The molecule has 3 amide bonds. The van der Waals surface area contributed by atoms with Crippen LogP contribution in [0.25, 0.3) is 6.08 Å². The number of nitrogens with one attached hydrogen (secondary N) is 1. The Bertz CT molecular complexity index is 1100. The summed E-state index contributed by atoms with van der Waals surface area (Å²) in [5.41, 5.74) is 0.578. The smallest absolute Gasteiger partial charge is 0.293 e. The fraction of sp³-hybridized carbons (Fsp3) is 0.182. The highest BCUT2D eigenvalue weighted by molar-refractivity contribution is 8.18. The average molecular weight is 474 g/mol. The maximum Gasteiger partial charge on any atom is 0.293 e. The maximum atomic E-state index is 12.6. The number of benzene rings is 2. The predicted octanol–water partition coefficient (Wildman–Crippen LogP) is 3.17. The van der Waals surface area contributed by atoms with Gasteiger partial charge in [0.25, 0.3) is 11.1 Å². The summed E-state index contributed by atoms with van der Waals surface area (Å²) in [5, 5.41) is 13.5. The number of hydrogen-bond acceptors (Lipinski definition) is 7. The van der Waals surface area contributed by atoms with Crippen molar-refractivity contribution in [3.05, 3.63) is 63.5 Å². The van der Waals surface area contributed by atoms with Crippen molar-refractivity contribution in [3.63, 3.8) is 0 Å². The van der Waals surface area contributed by atoms with Crippen LogP contribution in [-0.2, 0) is 9.59 Å². The van der Waals surface area contributed by atoms with Gasteiger partial charge in [-0.1, -0.05) is 23.7 Å². The molecule has 1 heterocycles. The van der Waals surface area contributed by atoms with Crippen molar-refractivity contribution in [1.29, 1.82) is 0 Å². The Kier molecular flexibility index (Phi) is 7.55. The lowest BCUT2D eigenvalue weighted by Crippen LogP contribution is -2.30. The molecule has 1 N–H and O–H groups in total. The highest BCUT2D eigenvalue weighted by atomic mass is 35.5. The summed E-state index contributed by atoms with van der Waals surface area (Å²) < 4.78 is 5.09. The lowest BCUT2D eigenvalue weighted by atomic mass is 10.1. The fourth-order valence-corrected chi connectivity index (χ4v) is 3.99. The topological polar surface area (TPSA) is 116 Å². The molecule has 0 aromatic heterocycles. The van der Waals surface area contributed by atoms with Gasteiger partial charge in [0, 0.05) is 23.6 Å². The molecule has 166 valence electrons. The van der Waals surface area contributed by atoms with E-state index in [0.29, 0.717) is 10.7 Å². The third-order valence-corrected chi connectivity index (χ3v) is 5.69. The van der Waals surface area contributed by atoms with Crippen molar-refractivity contribution < 1.29 is 29.0 Å². The summed E-state index contributed by atoms with van der Waals surface area (Å²) in [6.07, 6.45) is 1.80. The number of carbonyl (C=O) groups excluding carboxylic acids is 4. The molecule has 0 bridgehead atoms. The molecule has 2 aromatic rings. The van der Waals surface area contributed by atoms with Crippen LogP contribution in [0.15, 0.2) is 47.4 Å². The van der Waals surface area contributed by atoms with Crippen molar-refractivity contribution in [2.75, 3.05) is 19.0 Å². The molecular formula is C22H18ClN2O6S-. The van der Waals surface area contributed by atoms with Gasteiger partial charge in [-0.3, -0.25) is 19.3 Å². The van der Waals surface area contributed by atoms with Gasteiger partial charge in [0.1, 0.15) is 5.75 Å². The van der Waals surface area contributed by atoms with Gasteiger partial charge in [-0.2, -0.15) is 0 Å². The van der Waals surface area contributed by atoms with Crippen LogP contribution >= 0.6 is 23.4 Å². The van der Waals surface area contributed by atoms with E-state index in [2.05, 4.69) is 5.32 Å². The van der Waals surface area contributed by atoms with Gasteiger partial charge in [0.15, 0.2) is 0 Å². The minimum Gasteiger partial charge on any atom is -0.545 e. The SMILES string of the molecule is COc1ccc(/C=C2\SC(=O)N(CCCC(=O)Nc3cc(Cl)ccc3C(=O)[O-])C2=O)cc1. The Morgan fingerprint density at radius 2 is 1.91 bits per heavy atom. The van der Waals surface area contributed by atoms with Crippen LogP contribution in [0.4, 0.5) is 10.5 Å². The number of imide groups is 1. The number of amides is 3. The molecule has 1 aliphatic rings. The second kappa shape index (κ2) is 10.3. The molecular weight excluding hydrogens is 456 g/mol. The number of aromatic carboxylic acids is 1. The van der Waals surface area contributed by atoms with E-state index in [1.54, 1.807) is 37.5 Å². The third kappa shape index (κ3) is 5.68. The number of carboxylic acids is 1. The number of hydrogen-bond donors (Lipinski definition) is 1. The maximum absolute atomic E-state index is 12.6. The zero-order chi connectivity index (χ0) is 23.3. The molecule has 0 spiro atoms. The number of carbonyl (C=O) groups is 4. The lowest BCUT2D eigenvalue weighted by Gasteiger charge is -2.14. The standard InChI is InChI=1S/C22H19ClN2O6S/c1-31-15-7-4-13(5-8-15)11-18-20(27)25(22(30)32-18)10-2-3-19(26)24-17-12-14(23)6-9-16(17)21(28)29/h4-9,11-12H,2-3,10H2,1H3,(H,24,26)(H,28,29)/p-1/b18-11-. The van der Waals surface area contributed by atoms with Crippen LogP contribution in [0, 0.1) is 0 Å². The van der Waals surface area contributed by atoms with E-state index in [1.807, 2.05) is 0 Å². The van der Waals surface area contributed by atoms with Gasteiger partial charge in [0.05, 0.1) is 23.7 Å². The molecule has 0 unspecified atom stereocenters. The fourth-order valence-electron chi connectivity index (χ4n) is 2.95. The van der Waals surface area contributed by atoms with E-state index >= 15 is 0 Å². The van der Waals surface area contributed by atoms with E-state index in [0.717, 1.165) is 22.2 Å². The Morgan fingerprint density at radius 1 is 1.19 bits per heavy atom. The molecule has 0 radical (unpaired) electrons. The molecule has 2 aromatic carbocycles. The van der Waals surface area contributed by atoms with E-state index in [4.69, 9.17) is 16.3 Å². The number of methoxy groups -OCH3 is 1.